The van der Waals surface area contributed by atoms with Crippen molar-refractivity contribution in [3.05, 3.63) is 283 Å². The van der Waals surface area contributed by atoms with Gasteiger partial charge in [-0.2, -0.15) is 0 Å². The van der Waals surface area contributed by atoms with Crippen LogP contribution in [0.3, 0.4) is 0 Å². The van der Waals surface area contributed by atoms with Gasteiger partial charge in [-0.1, -0.05) is 218 Å². The van der Waals surface area contributed by atoms with Crippen LogP contribution in [0.15, 0.2) is 267 Å². The van der Waals surface area contributed by atoms with E-state index in [0.717, 1.165) is 96.6 Å². The van der Waals surface area contributed by atoms with E-state index in [-0.39, 0.29) is 0 Å². The molecule has 1 unspecified atom stereocenters. The van der Waals surface area contributed by atoms with Crippen molar-refractivity contribution in [2.45, 2.75) is 18.3 Å². The number of hydrogen-bond acceptors (Lipinski definition) is 4. The van der Waals surface area contributed by atoms with Gasteiger partial charge in [0.05, 0.1) is 27.8 Å². The number of allylic oxidation sites excluding steroid dienone is 4. The Balaban J connectivity index is 0.860. The highest BCUT2D eigenvalue weighted by atomic mass is 15.1. The van der Waals surface area contributed by atoms with Crippen LogP contribution < -0.4 is 0 Å². The van der Waals surface area contributed by atoms with Crippen LogP contribution in [0, 0.1) is 0 Å². The highest BCUT2D eigenvalue weighted by molar-refractivity contribution is 6.05. The highest BCUT2D eigenvalue weighted by Gasteiger charge is 2.48. The average Bonchev–Trinajstić information content (AvgIpc) is 4.08. The Bertz CT molecular complexity index is 4160. The van der Waals surface area contributed by atoms with E-state index in [1.165, 1.54) is 39.0 Å². The Morgan fingerprint density at radius 3 is 1.86 bits per heavy atom. The summed E-state index contributed by atoms with van der Waals surface area (Å²) < 4.78 is 2.20. The van der Waals surface area contributed by atoms with Crippen LogP contribution in [-0.4, -0.2) is 24.5 Å². The zero-order valence-electron chi connectivity index (χ0n) is 40.5. The fourth-order valence-electron chi connectivity index (χ4n) is 11.8. The SMILES string of the molecule is C1=CCCC(C2(c3ccccc3)c3ccccc3-c3c(-c4nc(-c5ccccc5)cc(-c5ccc(-c6ccc(-c7ccc(-n8c(-c9ccccn9)nc9ccccc98)cc7)cc6)c6ccccc56)n4)cccc32)=C1. The number of aromatic nitrogens is 5. The minimum atomic E-state index is -0.454. The lowest BCUT2D eigenvalue weighted by molar-refractivity contribution is 0.693. The lowest BCUT2D eigenvalue weighted by atomic mass is 9.65. The van der Waals surface area contributed by atoms with Crippen molar-refractivity contribution in [2.75, 3.05) is 0 Å². The molecular weight excluding hydrogens is 899 g/mol. The maximum Gasteiger partial charge on any atom is 0.164 e. The molecule has 1 atom stereocenters. The second-order valence-corrected chi connectivity index (χ2v) is 19.2. The van der Waals surface area contributed by atoms with Crippen molar-refractivity contribution in [3.8, 4) is 84.5 Å². The van der Waals surface area contributed by atoms with E-state index in [9.17, 15) is 0 Å². The molecule has 0 saturated heterocycles. The van der Waals surface area contributed by atoms with Crippen LogP contribution in [0.2, 0.25) is 0 Å². The summed E-state index contributed by atoms with van der Waals surface area (Å²) in [7, 11) is 0. The van der Waals surface area contributed by atoms with E-state index >= 15 is 0 Å². The van der Waals surface area contributed by atoms with Crippen molar-refractivity contribution in [2.24, 2.45) is 0 Å². The molecule has 74 heavy (non-hydrogen) atoms. The van der Waals surface area contributed by atoms with Crippen molar-refractivity contribution >= 4 is 21.8 Å². The monoisotopic (exact) mass is 945 g/mol. The zero-order chi connectivity index (χ0) is 49.0. The molecular formula is C69H47N5. The second kappa shape index (κ2) is 17.9. The van der Waals surface area contributed by atoms with Gasteiger partial charge < -0.3 is 0 Å². The molecule has 5 heteroatoms. The fourth-order valence-corrected chi connectivity index (χ4v) is 11.8. The van der Waals surface area contributed by atoms with E-state index in [1.807, 2.05) is 30.5 Å². The number of pyridine rings is 1. The largest absolute Gasteiger partial charge is 0.291 e. The van der Waals surface area contributed by atoms with Crippen LogP contribution in [-0.2, 0) is 5.41 Å². The summed E-state index contributed by atoms with van der Waals surface area (Å²) in [6.45, 7) is 0. The maximum absolute atomic E-state index is 5.59. The first-order valence-corrected chi connectivity index (χ1v) is 25.4. The van der Waals surface area contributed by atoms with E-state index in [2.05, 4.69) is 240 Å². The van der Waals surface area contributed by atoms with Crippen LogP contribution >= 0.6 is 0 Å². The zero-order valence-corrected chi connectivity index (χ0v) is 40.5. The van der Waals surface area contributed by atoms with E-state index in [0.29, 0.717) is 5.82 Å². The standard InChI is InChI=1S/C69H47N5/c1-4-19-49(20-5-1)63-45-64(72-67(71-63)58-28-18-30-60-66(58)57-27-12-13-29-59(57)69(60,50-21-6-2-7-22-50)51-23-8-3-9-24-51)56-43-42-53(54-25-10-11-26-55(54)56)48-36-34-46(35-37-48)47-38-40-52(41-39-47)74-65-33-15-14-31-61(65)73-68(74)62-32-16-17-44-70-62/h1-8,10-23,25-45H,9,24H2. The molecule has 0 fully saturated rings. The van der Waals surface area contributed by atoms with Crippen molar-refractivity contribution < 1.29 is 0 Å². The molecule has 0 amide bonds. The molecule has 2 aliphatic carbocycles. The van der Waals surface area contributed by atoms with Gasteiger partial charge in [0.1, 0.15) is 5.69 Å². The third-order valence-electron chi connectivity index (χ3n) is 15.1. The molecule has 0 bridgehead atoms. The van der Waals surface area contributed by atoms with Crippen molar-refractivity contribution in [1.82, 2.24) is 24.5 Å². The molecule has 14 rings (SSSR count). The Kier molecular flexibility index (Phi) is 10.5. The normalized spacial score (nSPS) is 14.7. The molecule has 0 aliphatic heterocycles. The number of para-hydroxylation sites is 2. The highest BCUT2D eigenvalue weighted by Crippen LogP contribution is 2.59. The predicted molar refractivity (Wildman–Crippen MR) is 303 cm³/mol. The minimum Gasteiger partial charge on any atom is -0.291 e. The molecule has 348 valence electrons. The molecule has 0 N–H and O–H groups in total. The van der Waals surface area contributed by atoms with Gasteiger partial charge >= 0.3 is 0 Å². The van der Waals surface area contributed by atoms with Gasteiger partial charge in [0.15, 0.2) is 11.6 Å². The fraction of sp³-hybridized carbons (Fsp3) is 0.0435. The average molecular weight is 946 g/mol. The summed E-state index contributed by atoms with van der Waals surface area (Å²) in [5.41, 5.74) is 20.6. The van der Waals surface area contributed by atoms with Gasteiger partial charge in [-0.15, -0.1) is 0 Å². The van der Waals surface area contributed by atoms with E-state index in [4.69, 9.17) is 15.0 Å². The quantitative estimate of drug-likeness (QED) is 0.145. The van der Waals surface area contributed by atoms with E-state index in [1.54, 1.807) is 0 Å². The Labute approximate surface area is 430 Å². The molecule has 9 aromatic carbocycles. The first kappa shape index (κ1) is 43.2. The first-order chi connectivity index (χ1) is 36.7. The van der Waals surface area contributed by atoms with Gasteiger partial charge in [-0.3, -0.25) is 9.55 Å². The van der Waals surface area contributed by atoms with Crippen molar-refractivity contribution in [3.63, 3.8) is 0 Å². The Morgan fingerprint density at radius 1 is 0.432 bits per heavy atom. The van der Waals surface area contributed by atoms with Gasteiger partial charge in [-0.25, -0.2) is 15.0 Å². The molecule has 5 nitrogen and oxygen atoms in total. The maximum atomic E-state index is 5.59. The number of rotatable bonds is 9. The molecule has 0 spiro atoms. The predicted octanol–water partition coefficient (Wildman–Crippen LogP) is 17.0. The summed E-state index contributed by atoms with van der Waals surface area (Å²) in [5.74, 6) is 1.53. The summed E-state index contributed by atoms with van der Waals surface area (Å²) >= 11 is 0. The number of hydrogen-bond donors (Lipinski definition) is 0. The second-order valence-electron chi connectivity index (χ2n) is 19.2. The van der Waals surface area contributed by atoms with Crippen molar-refractivity contribution in [1.29, 1.82) is 0 Å². The Morgan fingerprint density at radius 2 is 1.08 bits per heavy atom. The molecule has 0 saturated carbocycles. The number of nitrogens with zero attached hydrogens (tertiary/aromatic N) is 5. The van der Waals surface area contributed by atoms with Crippen LogP contribution in [0.25, 0.3) is 106 Å². The van der Waals surface area contributed by atoms with Crippen LogP contribution in [0.5, 0.6) is 0 Å². The van der Waals surface area contributed by atoms with E-state index < -0.39 is 5.41 Å². The van der Waals surface area contributed by atoms with Gasteiger partial charge in [-0.05, 0) is 116 Å². The number of imidazole rings is 1. The Hall–Kier alpha value is -9.58. The van der Waals surface area contributed by atoms with Gasteiger partial charge in [0.25, 0.3) is 0 Å². The lowest BCUT2D eigenvalue weighted by Gasteiger charge is -2.36. The topological polar surface area (TPSA) is 56.5 Å². The smallest absolute Gasteiger partial charge is 0.164 e. The molecule has 2 aliphatic rings. The molecule has 0 radical (unpaired) electrons. The lowest BCUT2D eigenvalue weighted by Crippen LogP contribution is -2.30. The third-order valence-corrected chi connectivity index (χ3v) is 15.1. The van der Waals surface area contributed by atoms with Crippen LogP contribution in [0.1, 0.15) is 29.5 Å². The summed E-state index contributed by atoms with van der Waals surface area (Å²) in [5, 5.41) is 2.30. The summed E-state index contributed by atoms with van der Waals surface area (Å²) in [6.07, 6.45) is 10.7. The van der Waals surface area contributed by atoms with Gasteiger partial charge in [0, 0.05) is 28.6 Å². The molecule has 3 heterocycles. The van der Waals surface area contributed by atoms with Gasteiger partial charge in [0.2, 0.25) is 0 Å². The summed E-state index contributed by atoms with van der Waals surface area (Å²) in [6, 6.07) is 84.6. The number of benzene rings is 9. The minimum absolute atomic E-state index is 0.454. The first-order valence-electron chi connectivity index (χ1n) is 25.4. The number of fused-ring (bicyclic) bond motifs is 5. The van der Waals surface area contributed by atoms with Crippen LogP contribution in [0.4, 0.5) is 0 Å². The molecule has 12 aromatic rings. The molecule has 3 aromatic heterocycles. The third kappa shape index (κ3) is 7.08. The summed E-state index contributed by atoms with van der Waals surface area (Å²) in [4.78, 5) is 20.7.